The quantitative estimate of drug-likeness (QED) is 0.636. The predicted molar refractivity (Wildman–Crippen MR) is 137 cm³/mol. The number of amides is 1. The molecule has 0 saturated carbocycles. The maximum Gasteiger partial charge on any atom is 0.240 e. The topological polar surface area (TPSA) is 107 Å². The zero-order valence-electron chi connectivity index (χ0n) is 19.3. The van der Waals surface area contributed by atoms with E-state index in [1.807, 2.05) is 48.5 Å². The van der Waals surface area contributed by atoms with Gasteiger partial charge in [0.05, 0.1) is 35.4 Å². The van der Waals surface area contributed by atoms with Gasteiger partial charge >= 0.3 is 0 Å². The molecule has 4 rings (SSSR count). The van der Waals surface area contributed by atoms with Gasteiger partial charge in [-0.1, -0.05) is 24.3 Å². The number of hydrogen-bond donors (Lipinski definition) is 1. The highest BCUT2D eigenvalue weighted by Gasteiger charge is 2.38. The Morgan fingerprint density at radius 3 is 1.97 bits per heavy atom. The second-order valence-corrected chi connectivity index (χ2v) is 8.69. The molecule has 9 heteroatoms. The maximum absolute atomic E-state index is 13.1. The fraction of sp³-hybridized carbons (Fsp3) is 0.385. The molecule has 1 N–H and O–H groups in total. The van der Waals surface area contributed by atoms with E-state index in [-0.39, 0.29) is 48.8 Å². The molecule has 2 aromatic rings. The van der Waals surface area contributed by atoms with Crippen LogP contribution >= 0.6 is 24.8 Å². The first-order chi connectivity index (χ1) is 16.1. The van der Waals surface area contributed by atoms with Crippen LogP contribution in [0.5, 0.6) is 0 Å². The van der Waals surface area contributed by atoms with Crippen molar-refractivity contribution in [3.05, 3.63) is 70.8 Å². The zero-order chi connectivity index (χ0) is 23.2. The summed E-state index contributed by atoms with van der Waals surface area (Å²) in [5.74, 6) is 0.0262. The largest absolute Gasteiger partial charge is 0.325 e. The van der Waals surface area contributed by atoms with Gasteiger partial charge in [-0.15, -0.1) is 24.8 Å². The Labute approximate surface area is 218 Å². The van der Waals surface area contributed by atoms with E-state index in [1.54, 1.807) is 4.90 Å². The van der Waals surface area contributed by atoms with E-state index in [0.29, 0.717) is 43.7 Å². The van der Waals surface area contributed by atoms with Crippen LogP contribution in [0.2, 0.25) is 0 Å². The fourth-order valence-corrected chi connectivity index (χ4v) is 4.70. The fourth-order valence-electron chi connectivity index (χ4n) is 4.70. The molecule has 0 aliphatic carbocycles. The number of hydrogen-bond acceptors (Lipinski definition) is 6. The summed E-state index contributed by atoms with van der Waals surface area (Å²) in [6.45, 7) is 2.71. The molecule has 1 amide bonds. The Morgan fingerprint density at radius 1 is 0.943 bits per heavy atom. The number of nitrogens with one attached hydrogen (secondary N) is 1. The molecule has 0 unspecified atom stereocenters. The van der Waals surface area contributed by atoms with Crippen LogP contribution in [0.15, 0.2) is 48.5 Å². The van der Waals surface area contributed by atoms with Crippen LogP contribution in [0.1, 0.15) is 41.5 Å². The van der Waals surface area contributed by atoms with Gasteiger partial charge in [0.15, 0.2) is 0 Å². The van der Waals surface area contributed by atoms with Crippen molar-refractivity contribution < 1.29 is 4.79 Å². The van der Waals surface area contributed by atoms with Crippen LogP contribution in [0.4, 0.5) is 0 Å². The molecule has 3 atom stereocenters. The minimum absolute atomic E-state index is 0. The number of halogens is 2. The predicted octanol–water partition coefficient (Wildman–Crippen LogP) is 3.52. The number of benzene rings is 2. The van der Waals surface area contributed by atoms with Crippen LogP contribution in [0.3, 0.4) is 0 Å². The summed E-state index contributed by atoms with van der Waals surface area (Å²) >= 11 is 0. The molecule has 2 saturated heterocycles. The van der Waals surface area contributed by atoms with Crippen LogP contribution in [-0.2, 0) is 17.9 Å². The van der Waals surface area contributed by atoms with E-state index in [2.05, 4.69) is 28.4 Å². The lowest BCUT2D eigenvalue weighted by Gasteiger charge is -2.29. The molecule has 2 heterocycles. The highest BCUT2D eigenvalue weighted by atomic mass is 35.5. The van der Waals surface area contributed by atoms with Crippen molar-refractivity contribution in [1.29, 1.82) is 15.8 Å². The Morgan fingerprint density at radius 2 is 1.49 bits per heavy atom. The third-order valence-electron chi connectivity index (χ3n) is 6.54. The first kappa shape index (κ1) is 28.1. The number of nitrogens with zero attached hydrogens (tertiary/aromatic N) is 5. The lowest BCUT2D eigenvalue weighted by molar-refractivity contribution is -0.133. The van der Waals surface area contributed by atoms with Gasteiger partial charge in [0, 0.05) is 32.2 Å². The van der Waals surface area contributed by atoms with Gasteiger partial charge in [-0.05, 0) is 54.7 Å². The number of rotatable bonds is 6. The number of nitriles is 3. The molecule has 2 aliphatic rings. The van der Waals surface area contributed by atoms with Crippen LogP contribution in [0, 0.1) is 34.0 Å². The Hall–Kier alpha value is -3.12. The smallest absolute Gasteiger partial charge is 0.240 e. The number of carbonyl (C=O) groups is 1. The molecule has 0 aromatic heterocycles. The van der Waals surface area contributed by atoms with Crippen molar-refractivity contribution in [3.63, 3.8) is 0 Å². The highest BCUT2D eigenvalue weighted by molar-refractivity contribution is 5.85. The minimum Gasteiger partial charge on any atom is -0.325 e. The Kier molecular flexibility index (Phi) is 10.5. The van der Waals surface area contributed by atoms with Gasteiger partial charge in [-0.2, -0.15) is 15.8 Å². The van der Waals surface area contributed by atoms with Crippen molar-refractivity contribution in [2.24, 2.45) is 0 Å². The summed E-state index contributed by atoms with van der Waals surface area (Å²) in [5, 5.41) is 30.9. The lowest BCUT2D eigenvalue weighted by Crippen LogP contribution is -2.45. The molecule has 2 aliphatic heterocycles. The molecule has 0 bridgehead atoms. The van der Waals surface area contributed by atoms with Crippen molar-refractivity contribution in [1.82, 2.24) is 15.1 Å². The lowest BCUT2D eigenvalue weighted by atomic mass is 10.1. The van der Waals surface area contributed by atoms with Crippen molar-refractivity contribution in [2.75, 3.05) is 13.1 Å². The van der Waals surface area contributed by atoms with Gasteiger partial charge in [-0.25, -0.2) is 0 Å². The monoisotopic (exact) mass is 510 g/mol. The van der Waals surface area contributed by atoms with E-state index in [9.17, 15) is 10.1 Å². The second kappa shape index (κ2) is 13.1. The van der Waals surface area contributed by atoms with Crippen molar-refractivity contribution in [2.45, 2.75) is 50.5 Å². The highest BCUT2D eigenvalue weighted by Crippen LogP contribution is 2.24. The Balaban J connectivity index is 0.00000216. The zero-order valence-corrected chi connectivity index (χ0v) is 20.9. The first-order valence-corrected chi connectivity index (χ1v) is 11.3. The standard InChI is InChI=1S/C26H26N6O.2ClH/c27-13-19-3-7-21(8-4-19)17-31(18-22-9-5-20(14-28)6-10-22)24-12-25(30-16-24)26(33)32-11-1-2-23(32)15-29;;/h3-10,23-25,30H,1-2,11-12,16-18H2;2*1H/t23-,24-,25-;;/m0../s1. The summed E-state index contributed by atoms with van der Waals surface area (Å²) < 4.78 is 0. The van der Waals surface area contributed by atoms with Gasteiger partial charge in [-0.3, -0.25) is 9.69 Å². The van der Waals surface area contributed by atoms with E-state index >= 15 is 0 Å². The summed E-state index contributed by atoms with van der Waals surface area (Å²) in [6.07, 6.45) is 2.31. The Bertz CT molecular complexity index is 1060. The van der Waals surface area contributed by atoms with E-state index in [1.165, 1.54) is 0 Å². The summed E-state index contributed by atoms with van der Waals surface area (Å²) in [7, 11) is 0. The van der Waals surface area contributed by atoms with E-state index < -0.39 is 0 Å². The number of likely N-dealkylation sites (tertiary alicyclic amines) is 1. The molecule has 0 radical (unpaired) electrons. The molecule has 35 heavy (non-hydrogen) atoms. The molecular weight excluding hydrogens is 483 g/mol. The summed E-state index contributed by atoms with van der Waals surface area (Å²) in [4.78, 5) is 17.1. The van der Waals surface area contributed by atoms with Gasteiger partial charge in [0.1, 0.15) is 6.04 Å². The molecule has 2 aromatic carbocycles. The molecule has 0 spiro atoms. The van der Waals surface area contributed by atoms with Crippen LogP contribution < -0.4 is 5.32 Å². The van der Waals surface area contributed by atoms with Gasteiger partial charge in [0.2, 0.25) is 5.91 Å². The average Bonchev–Trinajstić information content (AvgIpc) is 3.54. The normalized spacial score (nSPS) is 20.7. The minimum atomic E-state index is -0.313. The molecular formula is C26H28Cl2N6O. The van der Waals surface area contributed by atoms with E-state index in [0.717, 1.165) is 24.0 Å². The summed E-state index contributed by atoms with van der Waals surface area (Å²) in [5.41, 5.74) is 3.45. The maximum atomic E-state index is 13.1. The van der Waals surface area contributed by atoms with Crippen LogP contribution in [0.25, 0.3) is 0 Å². The molecule has 7 nitrogen and oxygen atoms in total. The SMILES string of the molecule is Cl.Cl.N#Cc1ccc(CN(Cc2ccc(C#N)cc2)[C@@H]2CN[C@H](C(=O)N3CCC[C@H]3C#N)C2)cc1. The van der Waals surface area contributed by atoms with Crippen molar-refractivity contribution >= 4 is 30.7 Å². The first-order valence-electron chi connectivity index (χ1n) is 11.3. The number of carbonyl (C=O) groups excluding carboxylic acids is 1. The summed E-state index contributed by atoms with van der Waals surface area (Å²) in [6, 6.07) is 21.3. The van der Waals surface area contributed by atoms with Gasteiger partial charge in [0.25, 0.3) is 0 Å². The average molecular weight is 511 g/mol. The molecule has 2 fully saturated rings. The third-order valence-corrected chi connectivity index (χ3v) is 6.54. The second-order valence-electron chi connectivity index (χ2n) is 8.69. The van der Waals surface area contributed by atoms with Gasteiger partial charge < -0.3 is 10.2 Å². The third kappa shape index (κ3) is 6.73. The molecule has 182 valence electrons. The van der Waals surface area contributed by atoms with Crippen LogP contribution in [-0.4, -0.2) is 46.9 Å². The van der Waals surface area contributed by atoms with E-state index in [4.69, 9.17) is 10.5 Å². The van der Waals surface area contributed by atoms with Crippen molar-refractivity contribution in [3.8, 4) is 18.2 Å².